The lowest BCUT2D eigenvalue weighted by Gasteiger charge is -2.01. The van der Waals surface area contributed by atoms with Crippen LogP contribution in [0.4, 0.5) is 0 Å². The van der Waals surface area contributed by atoms with Crippen LogP contribution in [-0.4, -0.2) is 9.97 Å². The van der Waals surface area contributed by atoms with E-state index in [1.807, 2.05) is 13.0 Å². The summed E-state index contributed by atoms with van der Waals surface area (Å²) < 4.78 is 0. The topological polar surface area (TPSA) is 25.8 Å². The number of nitrogens with zero attached hydrogens (tertiary/aromatic N) is 2. The second-order valence-corrected chi connectivity index (χ2v) is 3.42. The Bertz CT molecular complexity index is 406. The van der Waals surface area contributed by atoms with Gasteiger partial charge >= 0.3 is 0 Å². The number of aryl methyl sites for hydroxylation is 2. The zero-order valence-electron chi connectivity index (χ0n) is 8.36. The molecule has 0 N–H and O–H groups in total. The fraction of sp³-hybridized carbons (Fsp3) is 0.167. The Balaban J connectivity index is 2.49. The summed E-state index contributed by atoms with van der Waals surface area (Å²) in [4.78, 5) is 8.55. The molecule has 0 amide bonds. The Morgan fingerprint density at radius 2 is 1.93 bits per heavy atom. The molecule has 0 atom stereocenters. The van der Waals surface area contributed by atoms with Crippen LogP contribution >= 0.6 is 0 Å². The molecule has 0 aliphatic carbocycles. The lowest BCUT2D eigenvalue weighted by atomic mass is 10.1. The minimum atomic E-state index is 0.939. The van der Waals surface area contributed by atoms with Gasteiger partial charge in [-0.05, 0) is 19.9 Å². The summed E-state index contributed by atoms with van der Waals surface area (Å²) in [6.07, 6.45) is 3.56. The van der Waals surface area contributed by atoms with E-state index in [-0.39, 0.29) is 0 Å². The van der Waals surface area contributed by atoms with Gasteiger partial charge in [0.05, 0.1) is 17.6 Å². The molecule has 2 heteroatoms. The maximum atomic E-state index is 4.42. The van der Waals surface area contributed by atoms with E-state index in [4.69, 9.17) is 0 Å². The second-order valence-electron chi connectivity index (χ2n) is 3.42. The number of aromatic nitrogens is 2. The van der Waals surface area contributed by atoms with Crippen molar-refractivity contribution < 1.29 is 0 Å². The second kappa shape index (κ2) is 3.58. The summed E-state index contributed by atoms with van der Waals surface area (Å²) in [5, 5.41) is 0. The first-order chi connectivity index (χ1) is 6.75. The van der Waals surface area contributed by atoms with Crippen molar-refractivity contribution in [3.8, 4) is 11.3 Å². The van der Waals surface area contributed by atoms with Crippen molar-refractivity contribution in [2.75, 3.05) is 0 Å². The molecule has 0 spiro atoms. The van der Waals surface area contributed by atoms with Crippen LogP contribution in [0.15, 0.2) is 36.7 Å². The minimum Gasteiger partial charge on any atom is -0.261 e. The van der Waals surface area contributed by atoms with Gasteiger partial charge < -0.3 is 0 Å². The van der Waals surface area contributed by atoms with Crippen molar-refractivity contribution in [1.29, 1.82) is 0 Å². The average Bonchev–Trinajstić information content (AvgIpc) is 2.18. The van der Waals surface area contributed by atoms with Gasteiger partial charge in [0.1, 0.15) is 0 Å². The molecule has 1 aromatic heterocycles. The molecule has 1 aromatic carbocycles. The quantitative estimate of drug-likeness (QED) is 0.681. The van der Waals surface area contributed by atoms with Gasteiger partial charge in [-0.3, -0.25) is 4.98 Å². The Hall–Kier alpha value is -1.70. The van der Waals surface area contributed by atoms with E-state index in [2.05, 4.69) is 35.1 Å². The van der Waals surface area contributed by atoms with Gasteiger partial charge in [0.25, 0.3) is 0 Å². The smallest absolute Gasteiger partial charge is 0.0888 e. The van der Waals surface area contributed by atoms with E-state index in [0.717, 1.165) is 17.0 Å². The molecule has 0 saturated heterocycles. The first-order valence-corrected chi connectivity index (χ1v) is 4.61. The standard InChI is InChI=1S/C12H12N2/c1-9-4-3-5-11(6-9)12-8-13-7-10(2)14-12/h3-8H,1-2H3. The van der Waals surface area contributed by atoms with Crippen LogP contribution in [0.3, 0.4) is 0 Å². The van der Waals surface area contributed by atoms with Crippen LogP contribution < -0.4 is 0 Å². The maximum Gasteiger partial charge on any atom is 0.0888 e. The lowest BCUT2D eigenvalue weighted by molar-refractivity contribution is 1.12. The highest BCUT2D eigenvalue weighted by atomic mass is 14.8. The van der Waals surface area contributed by atoms with Crippen LogP contribution in [0, 0.1) is 13.8 Å². The van der Waals surface area contributed by atoms with Crippen LogP contribution in [0.5, 0.6) is 0 Å². The normalized spacial score (nSPS) is 10.1. The molecule has 0 saturated carbocycles. The van der Waals surface area contributed by atoms with Gasteiger partial charge in [0.2, 0.25) is 0 Å². The first kappa shape index (κ1) is 8.88. The highest BCUT2D eigenvalue weighted by Crippen LogP contribution is 2.16. The molecule has 0 fully saturated rings. The predicted molar refractivity (Wildman–Crippen MR) is 56.9 cm³/mol. The van der Waals surface area contributed by atoms with Gasteiger partial charge in [-0.15, -0.1) is 0 Å². The summed E-state index contributed by atoms with van der Waals surface area (Å²) in [5.41, 5.74) is 4.25. The molecule has 2 nitrogen and oxygen atoms in total. The molecule has 0 radical (unpaired) electrons. The van der Waals surface area contributed by atoms with E-state index in [1.165, 1.54) is 5.56 Å². The summed E-state index contributed by atoms with van der Waals surface area (Å²) >= 11 is 0. The van der Waals surface area contributed by atoms with Crippen molar-refractivity contribution in [3.05, 3.63) is 47.9 Å². The molecule has 70 valence electrons. The van der Waals surface area contributed by atoms with Gasteiger partial charge in [0.15, 0.2) is 0 Å². The van der Waals surface area contributed by atoms with Gasteiger partial charge in [-0.2, -0.15) is 0 Å². The maximum absolute atomic E-state index is 4.42. The molecule has 2 rings (SSSR count). The highest BCUT2D eigenvalue weighted by Gasteiger charge is 1.99. The molecule has 1 heterocycles. The fourth-order valence-electron chi connectivity index (χ4n) is 1.41. The Kier molecular flexibility index (Phi) is 2.27. The molecule has 0 aliphatic rings. The third-order valence-corrected chi connectivity index (χ3v) is 2.07. The number of benzene rings is 1. The monoisotopic (exact) mass is 184 g/mol. The third-order valence-electron chi connectivity index (χ3n) is 2.07. The molecule has 0 unspecified atom stereocenters. The minimum absolute atomic E-state index is 0.939. The van der Waals surface area contributed by atoms with Crippen molar-refractivity contribution in [2.45, 2.75) is 13.8 Å². The summed E-state index contributed by atoms with van der Waals surface area (Å²) in [6, 6.07) is 8.28. The van der Waals surface area contributed by atoms with Crippen molar-refractivity contribution in [1.82, 2.24) is 9.97 Å². The SMILES string of the molecule is Cc1cccc(-c2cncc(C)n2)c1. The molecular weight excluding hydrogens is 172 g/mol. The number of hydrogen-bond donors (Lipinski definition) is 0. The van der Waals surface area contributed by atoms with Gasteiger partial charge in [0, 0.05) is 11.8 Å². The largest absolute Gasteiger partial charge is 0.261 e. The van der Waals surface area contributed by atoms with Gasteiger partial charge in [-0.1, -0.05) is 23.8 Å². The van der Waals surface area contributed by atoms with E-state index in [9.17, 15) is 0 Å². The van der Waals surface area contributed by atoms with Crippen LogP contribution in [0.2, 0.25) is 0 Å². The molecule has 0 bridgehead atoms. The molecule has 2 aromatic rings. The van der Waals surface area contributed by atoms with Gasteiger partial charge in [-0.25, -0.2) is 4.98 Å². The van der Waals surface area contributed by atoms with Crippen LogP contribution in [-0.2, 0) is 0 Å². The van der Waals surface area contributed by atoms with E-state index < -0.39 is 0 Å². The Morgan fingerprint density at radius 3 is 2.64 bits per heavy atom. The summed E-state index contributed by atoms with van der Waals surface area (Å²) in [5.74, 6) is 0. The Morgan fingerprint density at radius 1 is 1.07 bits per heavy atom. The number of rotatable bonds is 1. The van der Waals surface area contributed by atoms with Crippen molar-refractivity contribution in [3.63, 3.8) is 0 Å². The summed E-state index contributed by atoms with van der Waals surface area (Å²) in [7, 11) is 0. The van der Waals surface area contributed by atoms with Crippen molar-refractivity contribution >= 4 is 0 Å². The number of hydrogen-bond acceptors (Lipinski definition) is 2. The Labute approximate surface area is 83.7 Å². The highest BCUT2D eigenvalue weighted by molar-refractivity contribution is 5.58. The van der Waals surface area contributed by atoms with E-state index in [0.29, 0.717) is 0 Å². The molecular formula is C12H12N2. The zero-order chi connectivity index (χ0) is 9.97. The fourth-order valence-corrected chi connectivity index (χ4v) is 1.41. The lowest BCUT2D eigenvalue weighted by Crippen LogP contribution is -1.88. The predicted octanol–water partition coefficient (Wildman–Crippen LogP) is 2.76. The average molecular weight is 184 g/mol. The molecule has 14 heavy (non-hydrogen) atoms. The van der Waals surface area contributed by atoms with Crippen LogP contribution in [0.25, 0.3) is 11.3 Å². The summed E-state index contributed by atoms with van der Waals surface area (Å²) in [6.45, 7) is 4.03. The zero-order valence-corrected chi connectivity index (χ0v) is 8.36. The van der Waals surface area contributed by atoms with E-state index in [1.54, 1.807) is 12.4 Å². The van der Waals surface area contributed by atoms with E-state index >= 15 is 0 Å². The van der Waals surface area contributed by atoms with Crippen molar-refractivity contribution in [2.24, 2.45) is 0 Å². The first-order valence-electron chi connectivity index (χ1n) is 4.61. The molecule has 0 aliphatic heterocycles. The third kappa shape index (κ3) is 1.79. The van der Waals surface area contributed by atoms with Crippen LogP contribution in [0.1, 0.15) is 11.3 Å².